The van der Waals surface area contributed by atoms with Crippen LogP contribution in [0.25, 0.3) is 0 Å². The summed E-state index contributed by atoms with van der Waals surface area (Å²) in [6, 6.07) is 7.76. The van der Waals surface area contributed by atoms with Crippen molar-refractivity contribution in [2.24, 2.45) is 19.1 Å². The molecule has 2 N–H and O–H groups in total. The molecule has 0 saturated carbocycles. The maximum atomic E-state index is 12.3. The molecule has 8 heteroatoms. The van der Waals surface area contributed by atoms with Crippen molar-refractivity contribution in [2.45, 2.75) is 13.3 Å². The summed E-state index contributed by atoms with van der Waals surface area (Å²) in [7, 11) is 6.26. The monoisotopic (exact) mass is 345 g/mol. The molecule has 2 aromatic rings. The van der Waals surface area contributed by atoms with E-state index >= 15 is 0 Å². The number of aromatic hydroxyl groups is 1. The van der Waals surface area contributed by atoms with Gasteiger partial charge >= 0.3 is 5.69 Å². The van der Waals surface area contributed by atoms with Crippen molar-refractivity contribution in [1.29, 1.82) is 0 Å². The normalized spacial score (nSPS) is 11.5. The number of hydrogen-bond donors (Lipinski definition) is 2. The number of benzene rings is 1. The minimum absolute atomic E-state index is 0.199. The van der Waals surface area contributed by atoms with Crippen molar-refractivity contribution in [3.05, 3.63) is 50.7 Å². The average molecular weight is 345 g/mol. The van der Waals surface area contributed by atoms with Crippen molar-refractivity contribution in [2.75, 3.05) is 19.4 Å². The summed E-state index contributed by atoms with van der Waals surface area (Å²) in [6.45, 7) is 2.04. The highest BCUT2D eigenvalue weighted by Crippen LogP contribution is 2.21. The van der Waals surface area contributed by atoms with Crippen molar-refractivity contribution in [1.82, 2.24) is 14.0 Å². The highest BCUT2D eigenvalue weighted by molar-refractivity contribution is 5.95. The fraction of sp³-hybridized carbons (Fsp3) is 0.353. The summed E-state index contributed by atoms with van der Waals surface area (Å²) < 4.78 is 1.89. The molecule has 0 aliphatic rings. The van der Waals surface area contributed by atoms with Crippen molar-refractivity contribution in [3.63, 3.8) is 0 Å². The van der Waals surface area contributed by atoms with E-state index in [0.717, 1.165) is 26.8 Å². The van der Waals surface area contributed by atoms with Gasteiger partial charge in [-0.05, 0) is 18.1 Å². The zero-order chi connectivity index (χ0) is 18.7. The van der Waals surface area contributed by atoms with Crippen LogP contribution in [0.4, 0.5) is 11.4 Å². The molecule has 0 atom stereocenters. The maximum absolute atomic E-state index is 12.3. The van der Waals surface area contributed by atoms with Gasteiger partial charge in [-0.15, -0.1) is 0 Å². The lowest BCUT2D eigenvalue weighted by atomic mass is 10.1. The van der Waals surface area contributed by atoms with E-state index in [0.29, 0.717) is 5.96 Å². The van der Waals surface area contributed by atoms with E-state index in [2.05, 4.69) is 10.3 Å². The number of para-hydroxylation sites is 1. The van der Waals surface area contributed by atoms with Crippen LogP contribution in [-0.2, 0) is 20.5 Å². The number of anilines is 1. The number of nitrogens with zero attached hydrogens (tertiary/aromatic N) is 4. The fourth-order valence-electron chi connectivity index (χ4n) is 2.33. The number of aliphatic imine (C=N–C) groups is 1. The van der Waals surface area contributed by atoms with Gasteiger partial charge in [-0.1, -0.05) is 25.1 Å². The van der Waals surface area contributed by atoms with Crippen molar-refractivity contribution < 1.29 is 5.11 Å². The van der Waals surface area contributed by atoms with Crippen LogP contribution in [0.2, 0.25) is 0 Å². The SMILES string of the molecule is CCc1ccccc1NC(=Nc1c(O)n(C)c(=O)n(C)c1=O)N(C)C. The Morgan fingerprint density at radius 3 is 2.44 bits per heavy atom. The molecule has 0 unspecified atom stereocenters. The minimum atomic E-state index is -0.662. The lowest BCUT2D eigenvalue weighted by molar-refractivity contribution is 0.414. The van der Waals surface area contributed by atoms with Gasteiger partial charge in [0.15, 0.2) is 5.69 Å². The van der Waals surface area contributed by atoms with Crippen LogP contribution < -0.4 is 16.6 Å². The number of rotatable bonds is 3. The number of aromatic nitrogens is 2. The molecule has 0 amide bonds. The molecular weight excluding hydrogens is 322 g/mol. The first kappa shape index (κ1) is 18.3. The van der Waals surface area contributed by atoms with Crippen molar-refractivity contribution >= 4 is 17.3 Å². The van der Waals surface area contributed by atoms with E-state index < -0.39 is 17.1 Å². The van der Waals surface area contributed by atoms with E-state index in [1.54, 1.807) is 19.0 Å². The first-order valence-electron chi connectivity index (χ1n) is 7.87. The van der Waals surface area contributed by atoms with E-state index in [-0.39, 0.29) is 5.69 Å². The molecule has 0 aliphatic heterocycles. The smallest absolute Gasteiger partial charge is 0.333 e. The maximum Gasteiger partial charge on any atom is 0.333 e. The third-order valence-corrected chi connectivity index (χ3v) is 3.90. The van der Waals surface area contributed by atoms with Gasteiger partial charge in [-0.25, -0.2) is 9.79 Å². The summed E-state index contributed by atoms with van der Waals surface area (Å²) >= 11 is 0. The predicted molar refractivity (Wildman–Crippen MR) is 98.8 cm³/mol. The topological polar surface area (TPSA) is 91.9 Å². The van der Waals surface area contributed by atoms with Gasteiger partial charge < -0.3 is 15.3 Å². The van der Waals surface area contributed by atoms with Crippen LogP contribution in [0.5, 0.6) is 5.88 Å². The Morgan fingerprint density at radius 2 is 1.84 bits per heavy atom. The van der Waals surface area contributed by atoms with E-state index in [4.69, 9.17) is 0 Å². The lowest BCUT2D eigenvalue weighted by Crippen LogP contribution is -2.37. The molecule has 2 rings (SSSR count). The van der Waals surface area contributed by atoms with E-state index in [1.165, 1.54) is 14.1 Å². The minimum Gasteiger partial charge on any atom is -0.493 e. The molecule has 0 fully saturated rings. The Labute approximate surface area is 145 Å². The first-order valence-corrected chi connectivity index (χ1v) is 7.87. The number of hydrogen-bond acceptors (Lipinski definition) is 4. The molecule has 1 aromatic carbocycles. The third-order valence-electron chi connectivity index (χ3n) is 3.90. The number of aryl methyl sites for hydroxylation is 1. The number of nitrogens with one attached hydrogen (secondary N) is 1. The largest absolute Gasteiger partial charge is 0.493 e. The van der Waals surface area contributed by atoms with Gasteiger partial charge in [0.2, 0.25) is 11.8 Å². The van der Waals surface area contributed by atoms with Crippen molar-refractivity contribution in [3.8, 4) is 5.88 Å². The summed E-state index contributed by atoms with van der Waals surface area (Å²) in [5.74, 6) is -0.107. The second kappa shape index (κ2) is 7.25. The molecule has 0 spiro atoms. The molecule has 25 heavy (non-hydrogen) atoms. The second-order valence-corrected chi connectivity index (χ2v) is 5.84. The standard InChI is InChI=1S/C17H23N5O3/c1-6-11-9-7-8-10-12(11)18-16(20(2)3)19-13-14(23)21(4)17(25)22(5)15(13)24/h7-10,23H,6H2,1-5H3,(H,18,19). The summed E-state index contributed by atoms with van der Waals surface area (Å²) in [5, 5.41) is 13.4. The highest BCUT2D eigenvalue weighted by atomic mass is 16.3. The van der Waals surface area contributed by atoms with Gasteiger partial charge in [0, 0.05) is 33.9 Å². The molecular formula is C17H23N5O3. The van der Waals surface area contributed by atoms with Gasteiger partial charge in [0.1, 0.15) is 0 Å². The Morgan fingerprint density at radius 1 is 1.20 bits per heavy atom. The Kier molecular flexibility index (Phi) is 5.31. The Bertz CT molecular complexity index is 925. The summed E-state index contributed by atoms with van der Waals surface area (Å²) in [4.78, 5) is 30.2. The first-order chi connectivity index (χ1) is 11.8. The zero-order valence-electron chi connectivity index (χ0n) is 15.1. The van der Waals surface area contributed by atoms with Gasteiger partial charge in [0.25, 0.3) is 5.56 Å². The van der Waals surface area contributed by atoms with Gasteiger partial charge in [0.05, 0.1) is 0 Å². The van der Waals surface area contributed by atoms with E-state index in [9.17, 15) is 14.7 Å². The molecule has 0 aliphatic carbocycles. The molecule has 1 aromatic heterocycles. The summed E-state index contributed by atoms with van der Waals surface area (Å²) in [5.41, 5.74) is 0.477. The molecule has 0 saturated heterocycles. The molecule has 0 radical (unpaired) electrons. The molecule has 0 bridgehead atoms. The van der Waals surface area contributed by atoms with Crippen LogP contribution in [-0.4, -0.2) is 39.2 Å². The third kappa shape index (κ3) is 3.57. The molecule has 134 valence electrons. The predicted octanol–water partition coefficient (Wildman–Crippen LogP) is 1.01. The Hall–Kier alpha value is -3.03. The number of guanidine groups is 1. The van der Waals surface area contributed by atoms with Crippen LogP contribution in [0, 0.1) is 0 Å². The fourth-order valence-corrected chi connectivity index (χ4v) is 2.33. The Balaban J connectivity index is 2.60. The van der Waals surface area contributed by atoms with E-state index in [1.807, 2.05) is 31.2 Å². The second-order valence-electron chi connectivity index (χ2n) is 5.84. The van der Waals surface area contributed by atoms with Gasteiger partial charge in [-0.2, -0.15) is 0 Å². The van der Waals surface area contributed by atoms with Crippen LogP contribution >= 0.6 is 0 Å². The van der Waals surface area contributed by atoms with Crippen LogP contribution in [0.15, 0.2) is 38.8 Å². The molecule has 1 heterocycles. The molecule has 8 nitrogen and oxygen atoms in total. The van der Waals surface area contributed by atoms with Crippen LogP contribution in [0.3, 0.4) is 0 Å². The quantitative estimate of drug-likeness (QED) is 0.640. The van der Waals surface area contributed by atoms with Gasteiger partial charge in [-0.3, -0.25) is 13.9 Å². The lowest BCUT2D eigenvalue weighted by Gasteiger charge is -2.19. The average Bonchev–Trinajstić information content (AvgIpc) is 2.61. The van der Waals surface area contributed by atoms with Crippen LogP contribution in [0.1, 0.15) is 12.5 Å². The zero-order valence-corrected chi connectivity index (χ0v) is 15.1. The highest BCUT2D eigenvalue weighted by Gasteiger charge is 2.16. The summed E-state index contributed by atoms with van der Waals surface area (Å²) in [6.07, 6.45) is 0.830.